The van der Waals surface area contributed by atoms with E-state index >= 15 is 0 Å². The number of amides is 1. The molecule has 2 aromatic carbocycles. The van der Waals surface area contributed by atoms with Crippen molar-refractivity contribution in [1.82, 2.24) is 14.9 Å². The first-order valence-electron chi connectivity index (χ1n) is 13.8. The lowest BCUT2D eigenvalue weighted by Gasteiger charge is -2.29. The summed E-state index contributed by atoms with van der Waals surface area (Å²) < 4.78 is 2.37. The third-order valence-electron chi connectivity index (χ3n) is 7.82. The van der Waals surface area contributed by atoms with Gasteiger partial charge in [0.05, 0.1) is 23.5 Å². The van der Waals surface area contributed by atoms with Gasteiger partial charge in [-0.15, -0.1) is 0 Å². The lowest BCUT2D eigenvalue weighted by molar-refractivity contribution is -0.118. The first-order chi connectivity index (χ1) is 19.1. The number of para-hydroxylation sites is 1. The van der Waals surface area contributed by atoms with Gasteiger partial charge < -0.3 is 20.1 Å². The maximum Gasteiger partial charge on any atom is 0.226 e. The van der Waals surface area contributed by atoms with Crippen LogP contribution in [0.5, 0.6) is 0 Å². The molecule has 1 aliphatic rings. The molecule has 0 saturated carbocycles. The molecule has 206 valence electrons. The zero-order valence-electron chi connectivity index (χ0n) is 24.2. The number of pyridine rings is 1. The van der Waals surface area contributed by atoms with Crippen molar-refractivity contribution in [2.75, 3.05) is 10.2 Å². The van der Waals surface area contributed by atoms with Crippen LogP contribution < -0.4 is 15.5 Å². The highest BCUT2D eigenvalue weighted by atomic mass is 32.1. The van der Waals surface area contributed by atoms with Crippen LogP contribution in [0.25, 0.3) is 5.69 Å². The van der Waals surface area contributed by atoms with Crippen LogP contribution in [-0.4, -0.2) is 20.6 Å². The number of hydrogen-bond donors (Lipinski definition) is 2. The Kier molecular flexibility index (Phi) is 7.51. The van der Waals surface area contributed by atoms with Crippen LogP contribution in [0.2, 0.25) is 0 Å². The Morgan fingerprint density at radius 2 is 1.68 bits per heavy atom. The van der Waals surface area contributed by atoms with Gasteiger partial charge in [-0.25, -0.2) is 0 Å². The fourth-order valence-electron chi connectivity index (χ4n) is 5.75. The van der Waals surface area contributed by atoms with Crippen LogP contribution in [0.15, 0.2) is 66.9 Å². The minimum Gasteiger partial charge on any atom is -0.351 e. The molecule has 40 heavy (non-hydrogen) atoms. The number of carbonyl (C=O) groups excluding carboxylic acids is 1. The molecule has 1 aliphatic heterocycles. The summed E-state index contributed by atoms with van der Waals surface area (Å²) >= 11 is 5.99. The summed E-state index contributed by atoms with van der Waals surface area (Å²) in [4.78, 5) is 19.3. The van der Waals surface area contributed by atoms with Crippen molar-refractivity contribution in [1.29, 1.82) is 0 Å². The number of rotatable bonds is 6. The topological polar surface area (TPSA) is 62.2 Å². The van der Waals surface area contributed by atoms with E-state index in [1.807, 2.05) is 51.2 Å². The zero-order valence-corrected chi connectivity index (χ0v) is 25.1. The summed E-state index contributed by atoms with van der Waals surface area (Å²) in [6.07, 6.45) is 1.83. The monoisotopic (exact) mass is 551 g/mol. The smallest absolute Gasteiger partial charge is 0.226 e. The minimum absolute atomic E-state index is 0.00115. The van der Waals surface area contributed by atoms with Crippen LogP contribution in [0, 0.1) is 40.5 Å². The van der Waals surface area contributed by atoms with E-state index in [0.717, 1.165) is 22.6 Å². The summed E-state index contributed by atoms with van der Waals surface area (Å²) in [6.45, 7) is 14.5. The molecule has 0 radical (unpaired) electrons. The van der Waals surface area contributed by atoms with Crippen molar-refractivity contribution in [3.8, 4) is 5.69 Å². The van der Waals surface area contributed by atoms with Crippen LogP contribution in [-0.2, 0) is 4.79 Å². The van der Waals surface area contributed by atoms with Crippen molar-refractivity contribution in [2.24, 2.45) is 5.92 Å². The second kappa shape index (κ2) is 10.9. The highest BCUT2D eigenvalue weighted by molar-refractivity contribution is 7.80. The van der Waals surface area contributed by atoms with E-state index in [1.54, 1.807) is 0 Å². The number of thiocarbonyl (C=S) groups is 1. The Morgan fingerprint density at radius 1 is 0.950 bits per heavy atom. The number of nitrogens with one attached hydrogen (secondary N) is 2. The van der Waals surface area contributed by atoms with Gasteiger partial charge in [0.1, 0.15) is 0 Å². The van der Waals surface area contributed by atoms with Crippen molar-refractivity contribution < 1.29 is 4.79 Å². The number of carbonyl (C=O) groups is 1. The second-order valence-electron chi connectivity index (χ2n) is 11.0. The number of hydrogen-bond acceptors (Lipinski definition) is 3. The average molecular weight is 552 g/mol. The molecule has 1 amide bonds. The van der Waals surface area contributed by atoms with E-state index in [-0.39, 0.29) is 23.9 Å². The molecule has 0 spiro atoms. The Labute approximate surface area is 242 Å². The highest BCUT2D eigenvalue weighted by Gasteiger charge is 2.42. The fraction of sp³-hybridized carbons (Fsp3) is 0.303. The number of aryl methyl sites for hydroxylation is 4. The van der Waals surface area contributed by atoms with Gasteiger partial charge in [0.2, 0.25) is 5.91 Å². The Balaban J connectivity index is 1.65. The van der Waals surface area contributed by atoms with Gasteiger partial charge in [-0.3, -0.25) is 9.78 Å². The Bertz CT molecular complexity index is 1570. The third-order valence-corrected chi connectivity index (χ3v) is 8.14. The fourth-order valence-corrected chi connectivity index (χ4v) is 6.10. The van der Waals surface area contributed by atoms with Crippen molar-refractivity contribution >= 4 is 34.6 Å². The molecule has 2 aromatic heterocycles. The minimum atomic E-state index is -0.138. The molecule has 0 bridgehead atoms. The van der Waals surface area contributed by atoms with E-state index in [1.165, 1.54) is 33.8 Å². The number of nitrogens with zero attached hydrogens (tertiary/aromatic N) is 3. The molecule has 0 aliphatic carbocycles. The largest absolute Gasteiger partial charge is 0.351 e. The maximum absolute atomic E-state index is 12.4. The highest BCUT2D eigenvalue weighted by Crippen LogP contribution is 2.44. The van der Waals surface area contributed by atoms with Crippen molar-refractivity contribution in [3.05, 3.63) is 106 Å². The molecular formula is C33H37N5OS. The Hall–Kier alpha value is -3.97. The zero-order chi connectivity index (χ0) is 28.7. The summed E-state index contributed by atoms with van der Waals surface area (Å²) in [5.74, 6) is -0.0914. The standard InChI is InChI=1S/C33H37N5OS/c1-19(2)32(39)35-27-15-14-25(17-22(27)5)38-31(29(36-33(38)40)28-13-8-9-16-34-28)26-18-23(6)37(24(26)7)30-20(3)11-10-12-21(30)4/h8-19,29,31H,1-7H3,(H,35,39)(H,36,40)/t29-,31-/m0/s1. The molecule has 5 rings (SSSR count). The normalized spacial score (nSPS) is 16.9. The van der Waals surface area contributed by atoms with Gasteiger partial charge >= 0.3 is 0 Å². The molecule has 1 fully saturated rings. The molecule has 1 saturated heterocycles. The predicted octanol–water partition coefficient (Wildman–Crippen LogP) is 7.19. The molecule has 2 N–H and O–H groups in total. The van der Waals surface area contributed by atoms with Crippen LogP contribution in [0.1, 0.15) is 65.3 Å². The summed E-state index contributed by atoms with van der Waals surface area (Å²) in [5.41, 5.74) is 10.9. The van der Waals surface area contributed by atoms with Crippen LogP contribution in [0.4, 0.5) is 11.4 Å². The quantitative estimate of drug-likeness (QED) is 0.249. The summed E-state index contributed by atoms with van der Waals surface area (Å²) in [7, 11) is 0. The third kappa shape index (κ3) is 4.90. The van der Waals surface area contributed by atoms with Crippen molar-refractivity contribution in [2.45, 2.75) is 60.5 Å². The SMILES string of the molecule is Cc1cc(N2C(=S)N[C@@H](c3ccccn3)[C@@H]2c2cc(C)n(-c3c(C)cccc3C)c2C)ccc1NC(=O)C(C)C. The second-order valence-corrected chi connectivity index (χ2v) is 11.4. The Morgan fingerprint density at radius 3 is 2.30 bits per heavy atom. The van der Waals surface area contributed by atoms with Gasteiger partial charge in [0, 0.05) is 34.9 Å². The number of anilines is 2. The molecule has 3 heterocycles. The summed E-state index contributed by atoms with van der Waals surface area (Å²) in [5, 5.41) is 7.28. The van der Waals surface area contributed by atoms with Gasteiger partial charge in [-0.1, -0.05) is 38.1 Å². The summed E-state index contributed by atoms with van der Waals surface area (Å²) in [6, 6.07) is 20.6. The van der Waals surface area contributed by atoms with E-state index in [9.17, 15) is 4.79 Å². The van der Waals surface area contributed by atoms with Gasteiger partial charge in [-0.05, 0) is 105 Å². The van der Waals surface area contributed by atoms with E-state index in [2.05, 4.69) is 84.2 Å². The van der Waals surface area contributed by atoms with Crippen LogP contribution in [0.3, 0.4) is 0 Å². The molecule has 2 atom stereocenters. The van der Waals surface area contributed by atoms with Gasteiger partial charge in [0.25, 0.3) is 0 Å². The van der Waals surface area contributed by atoms with E-state index in [4.69, 9.17) is 17.2 Å². The first kappa shape index (κ1) is 27.6. The molecule has 7 heteroatoms. The first-order valence-corrected chi connectivity index (χ1v) is 14.2. The number of benzene rings is 2. The van der Waals surface area contributed by atoms with Gasteiger partial charge in [-0.2, -0.15) is 0 Å². The molecule has 4 aromatic rings. The van der Waals surface area contributed by atoms with Gasteiger partial charge in [0.15, 0.2) is 5.11 Å². The van der Waals surface area contributed by atoms with Crippen molar-refractivity contribution in [3.63, 3.8) is 0 Å². The lowest BCUT2D eigenvalue weighted by atomic mass is 9.96. The average Bonchev–Trinajstić information content (AvgIpc) is 3.41. The molecular weight excluding hydrogens is 514 g/mol. The molecule has 6 nitrogen and oxygen atoms in total. The van der Waals surface area contributed by atoms with Crippen LogP contribution >= 0.6 is 12.2 Å². The maximum atomic E-state index is 12.4. The number of aromatic nitrogens is 2. The van der Waals surface area contributed by atoms with E-state index in [0.29, 0.717) is 5.11 Å². The lowest BCUT2D eigenvalue weighted by Crippen LogP contribution is -2.29. The van der Waals surface area contributed by atoms with E-state index < -0.39 is 0 Å². The molecule has 0 unspecified atom stereocenters. The predicted molar refractivity (Wildman–Crippen MR) is 167 cm³/mol.